The first kappa shape index (κ1) is 22.7. The summed E-state index contributed by atoms with van der Waals surface area (Å²) in [5, 5.41) is 10.7. The Hall–Kier alpha value is -3.75. The molecule has 0 spiro atoms. The van der Waals surface area contributed by atoms with Crippen LogP contribution < -0.4 is 16.3 Å². The van der Waals surface area contributed by atoms with Crippen LogP contribution in [0.2, 0.25) is 5.02 Å². The molecule has 1 aliphatic heterocycles. The number of nitrogens with one attached hydrogen (secondary N) is 2. The van der Waals surface area contributed by atoms with Crippen molar-refractivity contribution in [3.63, 3.8) is 0 Å². The molecular formula is C27H24ClFN6O. The van der Waals surface area contributed by atoms with Crippen molar-refractivity contribution >= 4 is 39.2 Å². The molecule has 0 saturated carbocycles. The SMILES string of the molecule is Cc1cc(Cl)cc(-c2nnc3ccc(-c4cc(F)c5[nH]c(=O)[nH]c5c4)cc3c2N2CCC(N)CC2)c1. The summed E-state index contributed by atoms with van der Waals surface area (Å²) in [6.45, 7) is 3.59. The highest BCUT2D eigenvalue weighted by Gasteiger charge is 2.24. The fraction of sp³-hybridized carbons (Fsp3) is 0.222. The van der Waals surface area contributed by atoms with Gasteiger partial charge >= 0.3 is 5.69 Å². The summed E-state index contributed by atoms with van der Waals surface area (Å²) in [6.07, 6.45) is 1.75. The molecule has 0 amide bonds. The predicted molar refractivity (Wildman–Crippen MR) is 142 cm³/mol. The van der Waals surface area contributed by atoms with Crippen LogP contribution in [0.5, 0.6) is 0 Å². The van der Waals surface area contributed by atoms with Gasteiger partial charge in [-0.05, 0) is 78.9 Å². The zero-order chi connectivity index (χ0) is 25.0. The first-order valence-corrected chi connectivity index (χ1v) is 12.2. The average molecular weight is 503 g/mol. The number of fused-ring (bicyclic) bond motifs is 2. The number of aromatic nitrogens is 4. The number of piperidine rings is 1. The van der Waals surface area contributed by atoms with Gasteiger partial charge in [-0.25, -0.2) is 9.18 Å². The number of hydrogen-bond acceptors (Lipinski definition) is 5. The number of nitrogens with two attached hydrogens (primary N) is 1. The van der Waals surface area contributed by atoms with Gasteiger partial charge in [0.25, 0.3) is 0 Å². The molecule has 7 nitrogen and oxygen atoms in total. The van der Waals surface area contributed by atoms with Crippen LogP contribution in [-0.4, -0.2) is 39.3 Å². The monoisotopic (exact) mass is 502 g/mol. The molecule has 1 fully saturated rings. The van der Waals surface area contributed by atoms with Gasteiger partial charge in [0.15, 0.2) is 0 Å². The summed E-state index contributed by atoms with van der Waals surface area (Å²) in [7, 11) is 0. The minimum atomic E-state index is -0.492. The maximum atomic E-state index is 14.8. The van der Waals surface area contributed by atoms with Crippen LogP contribution in [0.1, 0.15) is 18.4 Å². The molecule has 0 atom stereocenters. The molecule has 9 heteroatoms. The predicted octanol–water partition coefficient (Wildman–Crippen LogP) is 5.16. The molecule has 4 N–H and O–H groups in total. The van der Waals surface area contributed by atoms with Crippen molar-refractivity contribution in [1.29, 1.82) is 0 Å². The summed E-state index contributed by atoms with van der Waals surface area (Å²) in [5.41, 5.74) is 12.2. The van der Waals surface area contributed by atoms with Gasteiger partial charge in [0.05, 0.1) is 16.7 Å². The second-order valence-corrected chi connectivity index (χ2v) is 9.87. The zero-order valence-corrected chi connectivity index (χ0v) is 20.4. The highest BCUT2D eigenvalue weighted by atomic mass is 35.5. The summed E-state index contributed by atoms with van der Waals surface area (Å²) >= 11 is 6.40. The maximum Gasteiger partial charge on any atom is 0.323 e. The summed E-state index contributed by atoms with van der Waals surface area (Å²) < 4.78 is 14.8. The van der Waals surface area contributed by atoms with Crippen LogP contribution in [-0.2, 0) is 0 Å². The van der Waals surface area contributed by atoms with E-state index in [1.54, 1.807) is 6.07 Å². The molecule has 0 aliphatic carbocycles. The first-order valence-electron chi connectivity index (χ1n) is 11.9. The van der Waals surface area contributed by atoms with E-state index in [9.17, 15) is 9.18 Å². The number of imidazole rings is 1. The molecule has 0 unspecified atom stereocenters. The Morgan fingerprint density at radius 3 is 2.58 bits per heavy atom. The van der Waals surface area contributed by atoms with Gasteiger partial charge in [-0.1, -0.05) is 17.7 Å². The van der Waals surface area contributed by atoms with Gasteiger partial charge < -0.3 is 20.6 Å². The molecule has 36 heavy (non-hydrogen) atoms. The van der Waals surface area contributed by atoms with Crippen molar-refractivity contribution < 1.29 is 4.39 Å². The molecule has 3 heterocycles. The van der Waals surface area contributed by atoms with Crippen molar-refractivity contribution in [2.45, 2.75) is 25.8 Å². The summed E-state index contributed by atoms with van der Waals surface area (Å²) in [5.74, 6) is -0.492. The third-order valence-corrected chi connectivity index (χ3v) is 7.03. The zero-order valence-electron chi connectivity index (χ0n) is 19.6. The molecule has 0 radical (unpaired) electrons. The molecule has 1 saturated heterocycles. The van der Waals surface area contributed by atoms with Crippen LogP contribution in [0.4, 0.5) is 10.1 Å². The van der Waals surface area contributed by atoms with Crippen LogP contribution >= 0.6 is 11.6 Å². The number of halogens is 2. The third kappa shape index (κ3) is 4.02. The van der Waals surface area contributed by atoms with Crippen LogP contribution in [0, 0.1) is 12.7 Å². The lowest BCUT2D eigenvalue weighted by Crippen LogP contribution is -2.40. The molecule has 0 bridgehead atoms. The lowest BCUT2D eigenvalue weighted by Gasteiger charge is -2.33. The molecule has 6 rings (SSSR count). The lowest BCUT2D eigenvalue weighted by molar-refractivity contribution is 0.502. The molecule has 3 aromatic carbocycles. The molecule has 2 aromatic heterocycles. The Bertz CT molecular complexity index is 1670. The minimum Gasteiger partial charge on any atom is -0.369 e. The first-order chi connectivity index (χ1) is 17.4. The van der Waals surface area contributed by atoms with Gasteiger partial charge in [-0.15, -0.1) is 10.2 Å². The Labute approximate surface area is 211 Å². The number of rotatable bonds is 3. The second-order valence-electron chi connectivity index (χ2n) is 9.43. The lowest BCUT2D eigenvalue weighted by atomic mass is 9.98. The van der Waals surface area contributed by atoms with Gasteiger partial charge in [-0.2, -0.15) is 0 Å². The molecule has 5 aromatic rings. The number of H-pyrrole nitrogens is 2. The van der Waals surface area contributed by atoms with E-state index in [-0.39, 0.29) is 11.6 Å². The van der Waals surface area contributed by atoms with E-state index in [2.05, 4.69) is 31.1 Å². The maximum absolute atomic E-state index is 14.8. The van der Waals surface area contributed by atoms with Gasteiger partial charge in [0.2, 0.25) is 0 Å². The summed E-state index contributed by atoms with van der Waals surface area (Å²) in [6, 6.07) is 15.0. The number of anilines is 1. The summed E-state index contributed by atoms with van der Waals surface area (Å²) in [4.78, 5) is 19.2. The third-order valence-electron chi connectivity index (χ3n) is 6.82. The highest BCUT2D eigenvalue weighted by molar-refractivity contribution is 6.31. The van der Waals surface area contributed by atoms with E-state index >= 15 is 0 Å². The Morgan fingerprint density at radius 2 is 1.81 bits per heavy atom. The van der Waals surface area contributed by atoms with Gasteiger partial charge in [0.1, 0.15) is 17.0 Å². The average Bonchev–Trinajstić information content (AvgIpc) is 3.24. The number of nitrogens with zero attached hydrogens (tertiary/aromatic N) is 3. The van der Waals surface area contributed by atoms with Crippen molar-refractivity contribution in [2.24, 2.45) is 5.73 Å². The Balaban J connectivity index is 1.58. The fourth-order valence-electron chi connectivity index (χ4n) is 5.05. The van der Waals surface area contributed by atoms with E-state index < -0.39 is 11.5 Å². The van der Waals surface area contributed by atoms with Crippen molar-refractivity contribution in [1.82, 2.24) is 20.2 Å². The van der Waals surface area contributed by atoms with E-state index in [4.69, 9.17) is 17.3 Å². The quantitative estimate of drug-likeness (QED) is 0.316. The van der Waals surface area contributed by atoms with Crippen molar-refractivity contribution in [2.75, 3.05) is 18.0 Å². The standard InChI is InChI=1S/C27H24ClFN6O/c1-14-8-17(10-18(28)9-14)24-26(35-6-4-19(30)5-7-35)20-11-15(2-3-22(20)33-34-24)16-12-21(29)25-23(13-16)31-27(36)32-25/h2-3,8-13,19H,4-7,30H2,1H3,(H2,31,32,36). The van der Waals surface area contributed by atoms with Gasteiger partial charge in [0, 0.05) is 35.1 Å². The topological polar surface area (TPSA) is 104 Å². The van der Waals surface area contributed by atoms with Crippen LogP contribution in [0.3, 0.4) is 0 Å². The second kappa shape index (κ2) is 8.72. The van der Waals surface area contributed by atoms with E-state index in [1.165, 1.54) is 6.07 Å². The van der Waals surface area contributed by atoms with Crippen LogP contribution in [0.15, 0.2) is 53.3 Å². The normalized spacial score (nSPS) is 14.7. The molecular weight excluding hydrogens is 479 g/mol. The minimum absolute atomic E-state index is 0.166. The van der Waals surface area contributed by atoms with E-state index in [1.807, 2.05) is 37.3 Å². The number of aryl methyl sites for hydroxylation is 1. The van der Waals surface area contributed by atoms with Gasteiger partial charge in [-0.3, -0.25) is 0 Å². The largest absolute Gasteiger partial charge is 0.369 e. The van der Waals surface area contributed by atoms with E-state index in [0.717, 1.165) is 64.9 Å². The van der Waals surface area contributed by atoms with Crippen molar-refractivity contribution in [3.8, 4) is 22.4 Å². The Morgan fingerprint density at radius 1 is 1.00 bits per heavy atom. The highest BCUT2D eigenvalue weighted by Crippen LogP contribution is 2.39. The van der Waals surface area contributed by atoms with Crippen molar-refractivity contribution in [3.05, 3.63) is 75.4 Å². The number of benzene rings is 3. The fourth-order valence-corrected chi connectivity index (χ4v) is 5.34. The molecule has 1 aliphatic rings. The van der Waals surface area contributed by atoms with Crippen LogP contribution in [0.25, 0.3) is 44.3 Å². The Kier molecular flexibility index (Phi) is 5.50. The number of aromatic amines is 2. The molecule has 182 valence electrons. The van der Waals surface area contributed by atoms with E-state index in [0.29, 0.717) is 16.1 Å². The smallest absolute Gasteiger partial charge is 0.323 e. The number of hydrogen-bond donors (Lipinski definition) is 3.